The van der Waals surface area contributed by atoms with E-state index in [2.05, 4.69) is 40.2 Å². The molecule has 2 aromatic heterocycles. The van der Waals surface area contributed by atoms with Gasteiger partial charge in [0.2, 0.25) is 11.8 Å². The number of rotatable bonds is 4. The number of aromatic nitrogens is 3. The molecule has 6 nitrogen and oxygen atoms in total. The molecule has 1 atom stereocenters. The highest BCUT2D eigenvalue weighted by Crippen LogP contribution is 2.34. The maximum Gasteiger partial charge on any atom is 0.226 e. The zero-order chi connectivity index (χ0) is 17.4. The Morgan fingerprint density at radius 3 is 3.04 bits per heavy atom. The number of carbonyl (C=O) groups excluding carboxylic acids is 1. The SMILES string of the molecule is Cc1noc(CCCC(=O)N2CCc3c([nH]c4ccccc34)[C@@H]2C)n1. The molecule has 3 aromatic rings. The number of hydrogen-bond acceptors (Lipinski definition) is 4. The van der Waals surface area contributed by atoms with E-state index in [1.807, 2.05) is 11.0 Å². The minimum atomic E-state index is 0.0781. The van der Waals surface area contributed by atoms with Crippen molar-refractivity contribution in [3.05, 3.63) is 47.2 Å². The fraction of sp³-hybridized carbons (Fsp3) is 0.421. The van der Waals surface area contributed by atoms with Crippen LogP contribution in [0.15, 0.2) is 28.8 Å². The van der Waals surface area contributed by atoms with Crippen LogP contribution in [0.5, 0.6) is 0 Å². The standard InChI is InChI=1S/C19H22N4O2/c1-12-19-15(14-6-3-4-7-16(14)21-19)10-11-23(12)18(24)9-5-8-17-20-13(2)22-25-17/h3-4,6-7,12,21H,5,8-11H2,1-2H3/t12-/m0/s1. The van der Waals surface area contributed by atoms with Crippen molar-refractivity contribution >= 4 is 16.8 Å². The molecule has 0 fully saturated rings. The summed E-state index contributed by atoms with van der Waals surface area (Å²) >= 11 is 0. The van der Waals surface area contributed by atoms with Crippen LogP contribution in [0, 0.1) is 6.92 Å². The molecule has 0 radical (unpaired) electrons. The number of hydrogen-bond donors (Lipinski definition) is 1. The molecular weight excluding hydrogens is 316 g/mol. The second-order valence-corrected chi connectivity index (χ2v) is 6.66. The van der Waals surface area contributed by atoms with E-state index in [-0.39, 0.29) is 11.9 Å². The lowest BCUT2D eigenvalue weighted by atomic mass is 9.97. The molecule has 1 aromatic carbocycles. The first-order valence-corrected chi connectivity index (χ1v) is 8.81. The maximum atomic E-state index is 12.7. The van der Waals surface area contributed by atoms with Gasteiger partial charge in [0, 0.05) is 36.0 Å². The number of nitrogens with one attached hydrogen (secondary N) is 1. The molecule has 0 saturated carbocycles. The Morgan fingerprint density at radius 1 is 1.40 bits per heavy atom. The average Bonchev–Trinajstić information content (AvgIpc) is 3.19. The topological polar surface area (TPSA) is 75.0 Å². The summed E-state index contributed by atoms with van der Waals surface area (Å²) in [5.74, 6) is 1.43. The molecule has 1 aliphatic rings. The summed E-state index contributed by atoms with van der Waals surface area (Å²) in [6.45, 7) is 4.67. The average molecular weight is 338 g/mol. The summed E-state index contributed by atoms with van der Waals surface area (Å²) in [6.07, 6.45) is 2.77. The van der Waals surface area contributed by atoms with Crippen LogP contribution in [-0.4, -0.2) is 32.5 Å². The molecule has 3 heterocycles. The number of nitrogens with zero attached hydrogens (tertiary/aromatic N) is 3. The van der Waals surface area contributed by atoms with Gasteiger partial charge in [-0.3, -0.25) is 4.79 Å². The monoisotopic (exact) mass is 338 g/mol. The van der Waals surface area contributed by atoms with E-state index in [4.69, 9.17) is 4.52 Å². The van der Waals surface area contributed by atoms with Gasteiger partial charge in [-0.1, -0.05) is 23.4 Å². The number of carbonyl (C=O) groups is 1. The van der Waals surface area contributed by atoms with Gasteiger partial charge in [-0.05, 0) is 38.3 Å². The minimum absolute atomic E-state index is 0.0781. The highest BCUT2D eigenvalue weighted by Gasteiger charge is 2.29. The number of fused-ring (bicyclic) bond motifs is 3. The van der Waals surface area contributed by atoms with Gasteiger partial charge in [0.15, 0.2) is 5.82 Å². The van der Waals surface area contributed by atoms with Gasteiger partial charge in [-0.25, -0.2) is 0 Å². The van der Waals surface area contributed by atoms with E-state index in [1.54, 1.807) is 6.92 Å². The van der Waals surface area contributed by atoms with Crippen LogP contribution >= 0.6 is 0 Å². The van der Waals surface area contributed by atoms with Crippen LogP contribution in [0.2, 0.25) is 0 Å². The number of para-hydroxylation sites is 1. The van der Waals surface area contributed by atoms with Crippen molar-refractivity contribution in [2.24, 2.45) is 0 Å². The molecule has 1 aliphatic heterocycles. The molecule has 0 bridgehead atoms. The van der Waals surface area contributed by atoms with E-state index < -0.39 is 0 Å². The van der Waals surface area contributed by atoms with Crippen LogP contribution in [-0.2, 0) is 17.6 Å². The largest absolute Gasteiger partial charge is 0.356 e. The summed E-state index contributed by atoms with van der Waals surface area (Å²) in [5.41, 5.74) is 3.68. The molecule has 1 amide bonds. The first kappa shape index (κ1) is 15.9. The molecular formula is C19H22N4O2. The highest BCUT2D eigenvalue weighted by molar-refractivity contribution is 5.86. The van der Waals surface area contributed by atoms with E-state index in [0.717, 1.165) is 24.9 Å². The molecule has 4 rings (SSSR count). The number of aromatic amines is 1. The van der Waals surface area contributed by atoms with Gasteiger partial charge >= 0.3 is 0 Å². The minimum Gasteiger partial charge on any atom is -0.356 e. The molecule has 0 spiro atoms. The lowest BCUT2D eigenvalue weighted by Crippen LogP contribution is -2.38. The third-order valence-electron chi connectivity index (χ3n) is 5.01. The van der Waals surface area contributed by atoms with Crippen molar-refractivity contribution < 1.29 is 9.32 Å². The van der Waals surface area contributed by atoms with E-state index in [0.29, 0.717) is 24.6 Å². The van der Waals surface area contributed by atoms with E-state index >= 15 is 0 Å². The molecule has 25 heavy (non-hydrogen) atoms. The fourth-order valence-corrected chi connectivity index (χ4v) is 3.75. The van der Waals surface area contributed by atoms with Crippen molar-refractivity contribution in [1.82, 2.24) is 20.0 Å². The maximum absolute atomic E-state index is 12.7. The zero-order valence-corrected chi connectivity index (χ0v) is 14.6. The van der Waals surface area contributed by atoms with Crippen molar-refractivity contribution in [3.63, 3.8) is 0 Å². The highest BCUT2D eigenvalue weighted by atomic mass is 16.5. The number of H-pyrrole nitrogens is 1. The second kappa shape index (κ2) is 6.35. The Bertz CT molecular complexity index is 911. The van der Waals surface area contributed by atoms with Gasteiger partial charge in [-0.2, -0.15) is 4.98 Å². The lowest BCUT2D eigenvalue weighted by Gasteiger charge is -2.33. The fourth-order valence-electron chi connectivity index (χ4n) is 3.75. The van der Waals surface area contributed by atoms with Crippen LogP contribution in [0.3, 0.4) is 0 Å². The smallest absolute Gasteiger partial charge is 0.226 e. The van der Waals surface area contributed by atoms with Gasteiger partial charge < -0.3 is 14.4 Å². The van der Waals surface area contributed by atoms with Crippen molar-refractivity contribution in [2.75, 3.05) is 6.54 Å². The molecule has 0 aliphatic carbocycles. The summed E-state index contributed by atoms with van der Waals surface area (Å²) in [4.78, 5) is 22.3. The number of amides is 1. The second-order valence-electron chi connectivity index (χ2n) is 6.66. The first-order valence-electron chi connectivity index (χ1n) is 8.81. The van der Waals surface area contributed by atoms with Gasteiger partial charge in [0.25, 0.3) is 0 Å². The van der Waals surface area contributed by atoms with Crippen LogP contribution in [0.4, 0.5) is 0 Å². The summed E-state index contributed by atoms with van der Waals surface area (Å²) in [6, 6.07) is 8.43. The Hall–Kier alpha value is -2.63. The Morgan fingerprint density at radius 2 is 2.24 bits per heavy atom. The third-order valence-corrected chi connectivity index (χ3v) is 5.01. The van der Waals surface area contributed by atoms with E-state index in [9.17, 15) is 4.79 Å². The van der Waals surface area contributed by atoms with Gasteiger partial charge in [0.05, 0.1) is 6.04 Å². The van der Waals surface area contributed by atoms with E-state index in [1.165, 1.54) is 16.6 Å². The number of aryl methyl sites for hydroxylation is 2. The van der Waals surface area contributed by atoms with Crippen molar-refractivity contribution in [1.29, 1.82) is 0 Å². The predicted molar refractivity (Wildman–Crippen MR) is 94.1 cm³/mol. The summed E-state index contributed by atoms with van der Waals surface area (Å²) in [7, 11) is 0. The Labute approximate surface area is 146 Å². The van der Waals surface area contributed by atoms with Crippen LogP contribution in [0.25, 0.3) is 10.9 Å². The van der Waals surface area contributed by atoms with Crippen molar-refractivity contribution in [2.45, 2.75) is 45.6 Å². The van der Waals surface area contributed by atoms with Crippen LogP contribution in [0.1, 0.15) is 48.8 Å². The van der Waals surface area contributed by atoms with Gasteiger partial charge in [0.1, 0.15) is 0 Å². The summed E-state index contributed by atoms with van der Waals surface area (Å²) in [5, 5.41) is 5.06. The molecule has 0 unspecified atom stereocenters. The predicted octanol–water partition coefficient (Wildman–Crippen LogP) is 3.33. The Balaban J connectivity index is 1.43. The third kappa shape index (κ3) is 2.92. The quantitative estimate of drug-likeness (QED) is 0.792. The van der Waals surface area contributed by atoms with Gasteiger partial charge in [-0.15, -0.1) is 0 Å². The zero-order valence-electron chi connectivity index (χ0n) is 14.6. The Kier molecular flexibility index (Phi) is 4.03. The summed E-state index contributed by atoms with van der Waals surface area (Å²) < 4.78 is 5.10. The number of benzene rings is 1. The molecule has 6 heteroatoms. The van der Waals surface area contributed by atoms with Crippen LogP contribution < -0.4 is 0 Å². The molecule has 0 saturated heterocycles. The molecule has 1 N–H and O–H groups in total. The lowest BCUT2D eigenvalue weighted by molar-refractivity contribution is -0.133. The molecule has 130 valence electrons. The first-order chi connectivity index (χ1) is 12.1. The van der Waals surface area contributed by atoms with Crippen molar-refractivity contribution in [3.8, 4) is 0 Å². The normalized spacial score (nSPS) is 17.0.